The van der Waals surface area contributed by atoms with Crippen molar-refractivity contribution in [3.05, 3.63) is 45.3 Å². The van der Waals surface area contributed by atoms with E-state index in [0.29, 0.717) is 27.2 Å². The molecule has 6 heteroatoms. The maximum atomic E-state index is 12.9. The molecule has 0 unspecified atom stereocenters. The number of para-hydroxylation sites is 1. The van der Waals surface area contributed by atoms with Crippen molar-refractivity contribution < 1.29 is 9.59 Å². The quantitative estimate of drug-likeness (QED) is 0.828. The van der Waals surface area contributed by atoms with Crippen molar-refractivity contribution in [3.8, 4) is 0 Å². The Labute approximate surface area is 150 Å². The number of nitrogens with one attached hydrogen (secondary N) is 2. The normalized spacial score (nSPS) is 16.4. The number of hydrogen-bond acceptors (Lipinski definition) is 3. The molecule has 1 atom stereocenters. The minimum Gasteiger partial charge on any atom is -0.321 e. The first-order valence-electron chi connectivity index (χ1n) is 7.93. The lowest BCUT2D eigenvalue weighted by Gasteiger charge is -2.18. The third-order valence-electron chi connectivity index (χ3n) is 4.15. The smallest absolute Gasteiger partial charge is 0.258 e. The van der Waals surface area contributed by atoms with Crippen molar-refractivity contribution in [2.24, 2.45) is 5.92 Å². The zero-order valence-corrected chi connectivity index (χ0v) is 15.2. The Kier molecular flexibility index (Phi) is 4.92. The highest BCUT2D eigenvalue weighted by Crippen LogP contribution is 2.40. The molecule has 3 rings (SSSR count). The summed E-state index contributed by atoms with van der Waals surface area (Å²) in [5, 5.41) is 6.81. The van der Waals surface area contributed by atoms with Crippen LogP contribution in [-0.2, 0) is 17.6 Å². The molecule has 2 aromatic rings. The number of carbonyl (C=O) groups is 2. The number of hydrogen-bond donors (Lipinski definition) is 2. The Hall–Kier alpha value is -1.85. The first-order chi connectivity index (χ1) is 11.5. The minimum atomic E-state index is -0.223. The lowest BCUT2D eigenvalue weighted by Crippen LogP contribution is -2.18. The van der Waals surface area contributed by atoms with E-state index in [1.165, 1.54) is 23.1 Å². The summed E-state index contributed by atoms with van der Waals surface area (Å²) < 4.78 is 0. The fourth-order valence-corrected chi connectivity index (χ4v) is 4.62. The van der Waals surface area contributed by atoms with Gasteiger partial charge in [-0.15, -0.1) is 11.3 Å². The monoisotopic (exact) mass is 362 g/mol. The van der Waals surface area contributed by atoms with E-state index in [-0.39, 0.29) is 11.8 Å². The maximum absolute atomic E-state index is 12.9. The van der Waals surface area contributed by atoms with Gasteiger partial charge in [0.15, 0.2) is 0 Å². The fourth-order valence-electron chi connectivity index (χ4n) is 2.99. The SMILES string of the molecule is CC(=O)Nc1sc2c(c1C(=O)Nc1ccccc1Cl)CC[C@@H](C)C2. The predicted octanol–water partition coefficient (Wildman–Crippen LogP) is 4.74. The van der Waals surface area contributed by atoms with Gasteiger partial charge in [0, 0.05) is 11.8 Å². The number of benzene rings is 1. The third-order valence-corrected chi connectivity index (χ3v) is 5.65. The van der Waals surface area contributed by atoms with Gasteiger partial charge in [-0.1, -0.05) is 30.7 Å². The summed E-state index contributed by atoms with van der Waals surface area (Å²) in [7, 11) is 0. The Morgan fingerprint density at radius 2 is 2.00 bits per heavy atom. The molecule has 0 spiro atoms. The van der Waals surface area contributed by atoms with Crippen LogP contribution in [0.1, 0.15) is 41.1 Å². The predicted molar refractivity (Wildman–Crippen MR) is 99.2 cm³/mol. The summed E-state index contributed by atoms with van der Waals surface area (Å²) in [6, 6.07) is 7.13. The van der Waals surface area contributed by atoms with Gasteiger partial charge in [-0.25, -0.2) is 0 Å². The number of rotatable bonds is 3. The highest BCUT2D eigenvalue weighted by Gasteiger charge is 2.28. The number of amides is 2. The number of halogens is 1. The van der Waals surface area contributed by atoms with E-state index < -0.39 is 0 Å². The molecule has 2 N–H and O–H groups in total. The van der Waals surface area contributed by atoms with E-state index in [2.05, 4.69) is 17.6 Å². The van der Waals surface area contributed by atoms with Gasteiger partial charge in [0.05, 0.1) is 16.3 Å². The summed E-state index contributed by atoms with van der Waals surface area (Å²) in [5.41, 5.74) is 2.21. The zero-order chi connectivity index (χ0) is 17.3. The topological polar surface area (TPSA) is 58.2 Å². The fraction of sp³-hybridized carbons (Fsp3) is 0.333. The molecule has 1 aromatic carbocycles. The van der Waals surface area contributed by atoms with Crippen LogP contribution in [0.2, 0.25) is 5.02 Å². The van der Waals surface area contributed by atoms with Crippen LogP contribution in [0.4, 0.5) is 10.7 Å². The third kappa shape index (κ3) is 3.47. The molecule has 0 radical (unpaired) electrons. The number of anilines is 2. The molecule has 0 aliphatic heterocycles. The summed E-state index contributed by atoms with van der Waals surface area (Å²) in [6.45, 7) is 3.67. The van der Waals surface area contributed by atoms with Gasteiger partial charge in [0.2, 0.25) is 5.91 Å². The summed E-state index contributed by atoms with van der Waals surface area (Å²) in [6.07, 6.45) is 2.86. The molecular formula is C18H19ClN2O2S. The van der Waals surface area contributed by atoms with Gasteiger partial charge in [0.25, 0.3) is 5.91 Å². The molecule has 1 aliphatic carbocycles. The molecule has 1 aliphatic rings. The molecule has 1 aromatic heterocycles. The highest BCUT2D eigenvalue weighted by molar-refractivity contribution is 7.17. The molecule has 1 heterocycles. The van der Waals surface area contributed by atoms with Crippen molar-refractivity contribution >= 4 is 45.4 Å². The van der Waals surface area contributed by atoms with Crippen LogP contribution < -0.4 is 10.6 Å². The van der Waals surface area contributed by atoms with Crippen LogP contribution in [0.5, 0.6) is 0 Å². The molecule has 24 heavy (non-hydrogen) atoms. The van der Waals surface area contributed by atoms with Crippen LogP contribution in [0, 0.1) is 5.92 Å². The van der Waals surface area contributed by atoms with Crippen LogP contribution >= 0.6 is 22.9 Å². The molecule has 0 fully saturated rings. The minimum absolute atomic E-state index is 0.173. The average Bonchev–Trinajstić information content (AvgIpc) is 2.85. The molecule has 126 valence electrons. The van der Waals surface area contributed by atoms with Crippen LogP contribution in [0.25, 0.3) is 0 Å². The second kappa shape index (κ2) is 6.95. The zero-order valence-electron chi connectivity index (χ0n) is 13.6. The molecule has 4 nitrogen and oxygen atoms in total. The standard InChI is InChI=1S/C18H19ClN2O2S/c1-10-7-8-12-15(9-10)24-18(20-11(2)22)16(12)17(23)21-14-6-4-3-5-13(14)19/h3-6,10H,7-9H2,1-2H3,(H,20,22)(H,21,23)/t10-/m1/s1. The van der Waals surface area contributed by atoms with Gasteiger partial charge < -0.3 is 10.6 Å². The maximum Gasteiger partial charge on any atom is 0.258 e. The molecular weight excluding hydrogens is 344 g/mol. The van der Waals surface area contributed by atoms with Gasteiger partial charge in [-0.05, 0) is 42.9 Å². The molecule has 2 amide bonds. The van der Waals surface area contributed by atoms with Crippen LogP contribution in [0.3, 0.4) is 0 Å². The highest BCUT2D eigenvalue weighted by atomic mass is 35.5. The van der Waals surface area contributed by atoms with E-state index in [0.717, 1.165) is 24.8 Å². The molecule has 0 saturated heterocycles. The van der Waals surface area contributed by atoms with Gasteiger partial charge >= 0.3 is 0 Å². The van der Waals surface area contributed by atoms with Crippen molar-refractivity contribution in [2.75, 3.05) is 10.6 Å². The average molecular weight is 363 g/mol. The Balaban J connectivity index is 1.97. The van der Waals surface area contributed by atoms with Crippen LogP contribution in [-0.4, -0.2) is 11.8 Å². The number of thiophene rings is 1. The second-order valence-electron chi connectivity index (χ2n) is 6.17. The number of fused-ring (bicyclic) bond motifs is 1. The number of carbonyl (C=O) groups excluding carboxylic acids is 2. The first-order valence-corrected chi connectivity index (χ1v) is 9.13. The second-order valence-corrected chi connectivity index (χ2v) is 7.68. The van der Waals surface area contributed by atoms with E-state index >= 15 is 0 Å². The Bertz CT molecular complexity index is 800. The van der Waals surface area contributed by atoms with Crippen molar-refractivity contribution in [1.82, 2.24) is 0 Å². The van der Waals surface area contributed by atoms with Gasteiger partial charge in [-0.3, -0.25) is 9.59 Å². The lowest BCUT2D eigenvalue weighted by molar-refractivity contribution is -0.114. The van der Waals surface area contributed by atoms with E-state index in [1.54, 1.807) is 12.1 Å². The van der Waals surface area contributed by atoms with Gasteiger partial charge in [-0.2, -0.15) is 0 Å². The van der Waals surface area contributed by atoms with Crippen molar-refractivity contribution in [2.45, 2.75) is 33.1 Å². The van der Waals surface area contributed by atoms with Gasteiger partial charge in [0.1, 0.15) is 5.00 Å². The Morgan fingerprint density at radius 1 is 1.25 bits per heavy atom. The largest absolute Gasteiger partial charge is 0.321 e. The Morgan fingerprint density at radius 3 is 2.71 bits per heavy atom. The summed E-state index contributed by atoms with van der Waals surface area (Å²) in [4.78, 5) is 25.6. The van der Waals surface area contributed by atoms with Crippen LogP contribution in [0.15, 0.2) is 24.3 Å². The van der Waals surface area contributed by atoms with Crippen molar-refractivity contribution in [3.63, 3.8) is 0 Å². The first kappa shape index (κ1) is 17.0. The van der Waals surface area contributed by atoms with E-state index in [9.17, 15) is 9.59 Å². The molecule has 0 bridgehead atoms. The summed E-state index contributed by atoms with van der Waals surface area (Å²) >= 11 is 7.65. The molecule has 0 saturated carbocycles. The summed E-state index contributed by atoms with van der Waals surface area (Å²) in [5.74, 6) is 0.202. The van der Waals surface area contributed by atoms with E-state index in [1.807, 2.05) is 12.1 Å². The van der Waals surface area contributed by atoms with E-state index in [4.69, 9.17) is 11.6 Å². The van der Waals surface area contributed by atoms with Crippen molar-refractivity contribution in [1.29, 1.82) is 0 Å². The lowest BCUT2D eigenvalue weighted by atomic mass is 9.88.